The maximum absolute atomic E-state index is 10.9. The average molecular weight is 570 g/mol. The predicted octanol–water partition coefficient (Wildman–Crippen LogP) is 7.97. The summed E-state index contributed by atoms with van der Waals surface area (Å²) >= 11 is 0. The zero-order valence-corrected chi connectivity index (χ0v) is 24.5. The van der Waals surface area contributed by atoms with Gasteiger partial charge in [0.15, 0.2) is 5.60 Å². The molecular weight excluding hydrogens is 534 g/mol. The minimum Gasteiger partial charge on any atom is -0.497 e. The van der Waals surface area contributed by atoms with Crippen LogP contribution in [0.4, 0.5) is 5.69 Å². The lowest BCUT2D eigenvalue weighted by molar-refractivity contribution is 0.163. The Morgan fingerprint density at radius 2 is 1.44 bits per heavy atom. The van der Waals surface area contributed by atoms with Gasteiger partial charge in [0.05, 0.1) is 20.8 Å². The number of fused-ring (bicyclic) bond motifs is 3. The molecule has 1 saturated heterocycles. The maximum Gasteiger partial charge on any atom is 0.178 e. The van der Waals surface area contributed by atoms with Crippen LogP contribution in [-0.2, 0) is 12.2 Å². The molecule has 0 radical (unpaired) electrons. The third kappa shape index (κ3) is 4.61. The first-order valence-corrected chi connectivity index (χ1v) is 14.9. The van der Waals surface area contributed by atoms with Gasteiger partial charge in [0, 0.05) is 40.9 Å². The highest BCUT2D eigenvalue weighted by Crippen LogP contribution is 2.50. The molecule has 43 heavy (non-hydrogen) atoms. The van der Waals surface area contributed by atoms with Gasteiger partial charge in [-0.05, 0) is 83.5 Å². The summed E-state index contributed by atoms with van der Waals surface area (Å²) in [7, 11) is 3.34. The molecule has 1 fully saturated rings. The van der Waals surface area contributed by atoms with E-state index in [1.54, 1.807) is 14.2 Å². The SMILES string of the molecule is COc1ccc(-c2c(CO)c3c(c4cc(OC)ccc24)OC(c2ccccc2)(c2ccc(N4CCCC4)cc2)C=C3)cc1. The molecule has 5 aromatic rings. The maximum atomic E-state index is 10.9. The molecule has 2 aliphatic heterocycles. The third-order valence-corrected chi connectivity index (χ3v) is 8.87. The second kappa shape index (κ2) is 11.2. The second-order valence-electron chi connectivity index (χ2n) is 11.2. The van der Waals surface area contributed by atoms with Crippen LogP contribution in [-0.4, -0.2) is 32.4 Å². The quantitative estimate of drug-likeness (QED) is 0.215. The van der Waals surface area contributed by atoms with E-state index in [1.807, 2.05) is 42.5 Å². The van der Waals surface area contributed by atoms with Crippen molar-refractivity contribution in [3.8, 4) is 28.4 Å². The van der Waals surface area contributed by atoms with Gasteiger partial charge in [0.1, 0.15) is 17.2 Å². The van der Waals surface area contributed by atoms with Gasteiger partial charge in [-0.15, -0.1) is 0 Å². The largest absolute Gasteiger partial charge is 0.497 e. The van der Waals surface area contributed by atoms with E-state index in [1.165, 1.54) is 18.5 Å². The molecule has 0 spiro atoms. The monoisotopic (exact) mass is 569 g/mol. The van der Waals surface area contributed by atoms with Crippen molar-refractivity contribution < 1.29 is 19.3 Å². The Hall–Kier alpha value is -4.74. The van der Waals surface area contributed by atoms with Gasteiger partial charge in [0.2, 0.25) is 0 Å². The zero-order chi connectivity index (χ0) is 29.4. The van der Waals surface area contributed by atoms with Crippen LogP contribution in [0.1, 0.15) is 35.1 Å². The van der Waals surface area contributed by atoms with Gasteiger partial charge in [0.25, 0.3) is 0 Å². The van der Waals surface area contributed by atoms with E-state index in [0.717, 1.165) is 74.5 Å². The van der Waals surface area contributed by atoms with E-state index >= 15 is 0 Å². The highest BCUT2D eigenvalue weighted by atomic mass is 16.5. The lowest BCUT2D eigenvalue weighted by atomic mass is 9.81. The third-order valence-electron chi connectivity index (χ3n) is 8.87. The van der Waals surface area contributed by atoms with E-state index < -0.39 is 5.60 Å². The van der Waals surface area contributed by atoms with Crippen LogP contribution < -0.4 is 19.1 Å². The molecule has 2 heterocycles. The van der Waals surface area contributed by atoms with Crippen LogP contribution in [0.25, 0.3) is 28.0 Å². The molecule has 7 rings (SSSR count). The molecule has 0 aliphatic carbocycles. The summed E-state index contributed by atoms with van der Waals surface area (Å²) in [6, 6.07) is 33.2. The number of rotatable bonds is 7. The van der Waals surface area contributed by atoms with Crippen molar-refractivity contribution in [1.82, 2.24) is 0 Å². The molecular formula is C38H35NO4. The van der Waals surface area contributed by atoms with E-state index in [2.05, 4.69) is 71.6 Å². The molecule has 0 saturated carbocycles. The van der Waals surface area contributed by atoms with Crippen molar-refractivity contribution in [2.45, 2.75) is 25.0 Å². The van der Waals surface area contributed by atoms with Crippen LogP contribution in [0, 0.1) is 0 Å². The Morgan fingerprint density at radius 1 is 0.767 bits per heavy atom. The highest BCUT2D eigenvalue weighted by molar-refractivity contribution is 6.05. The summed E-state index contributed by atoms with van der Waals surface area (Å²) < 4.78 is 18.4. The van der Waals surface area contributed by atoms with Crippen molar-refractivity contribution in [3.63, 3.8) is 0 Å². The number of ether oxygens (including phenoxy) is 3. The first-order chi connectivity index (χ1) is 21.1. The number of aliphatic hydroxyl groups excluding tert-OH is 1. The van der Waals surface area contributed by atoms with Crippen molar-refractivity contribution in [2.75, 3.05) is 32.2 Å². The van der Waals surface area contributed by atoms with Crippen LogP contribution >= 0.6 is 0 Å². The fourth-order valence-electron chi connectivity index (χ4n) is 6.63. The van der Waals surface area contributed by atoms with Crippen molar-refractivity contribution in [1.29, 1.82) is 0 Å². The Labute approximate surface area is 252 Å². The standard InChI is InChI=1S/C38H35NO4/c1-41-30-16-10-26(11-17-30)36-32-19-18-31(42-2)24-34(32)37-33(35(36)25-40)20-21-38(43-37,27-8-4-3-5-9-27)28-12-14-29(15-13-28)39-22-6-7-23-39/h3-5,8-21,24,40H,6-7,22-23,25H2,1-2H3. The van der Waals surface area contributed by atoms with Crippen LogP contribution in [0.15, 0.2) is 103 Å². The molecule has 1 N–H and O–H groups in total. The van der Waals surface area contributed by atoms with Gasteiger partial charge in [-0.2, -0.15) is 0 Å². The summed E-state index contributed by atoms with van der Waals surface area (Å²) in [4.78, 5) is 2.44. The first-order valence-electron chi connectivity index (χ1n) is 14.9. The first kappa shape index (κ1) is 27.1. The molecule has 2 aliphatic rings. The Bertz CT molecular complexity index is 1790. The number of anilines is 1. The second-order valence-corrected chi connectivity index (χ2v) is 11.2. The van der Waals surface area contributed by atoms with Gasteiger partial charge < -0.3 is 24.2 Å². The zero-order valence-electron chi connectivity index (χ0n) is 24.5. The topological polar surface area (TPSA) is 51.2 Å². The fourth-order valence-corrected chi connectivity index (χ4v) is 6.63. The molecule has 5 nitrogen and oxygen atoms in total. The minimum absolute atomic E-state index is 0.137. The molecule has 0 bridgehead atoms. The summed E-state index contributed by atoms with van der Waals surface area (Å²) in [6.45, 7) is 2.06. The summed E-state index contributed by atoms with van der Waals surface area (Å²) in [6.07, 6.45) is 6.73. The van der Waals surface area contributed by atoms with E-state index in [9.17, 15) is 5.11 Å². The number of hydrogen-bond acceptors (Lipinski definition) is 5. The number of methoxy groups -OCH3 is 2. The lowest BCUT2D eigenvalue weighted by Gasteiger charge is -2.38. The van der Waals surface area contributed by atoms with Crippen LogP contribution in [0.3, 0.4) is 0 Å². The lowest BCUT2D eigenvalue weighted by Crippen LogP contribution is -2.34. The number of aliphatic hydroxyl groups is 1. The molecule has 0 aromatic heterocycles. The van der Waals surface area contributed by atoms with E-state index in [4.69, 9.17) is 14.2 Å². The van der Waals surface area contributed by atoms with Gasteiger partial charge >= 0.3 is 0 Å². The Kier molecular flexibility index (Phi) is 7.04. The van der Waals surface area contributed by atoms with Gasteiger partial charge in [-0.3, -0.25) is 0 Å². The Balaban J connectivity index is 1.45. The van der Waals surface area contributed by atoms with E-state index in [-0.39, 0.29) is 6.61 Å². The molecule has 1 atom stereocenters. The van der Waals surface area contributed by atoms with Crippen LogP contribution in [0.5, 0.6) is 17.2 Å². The summed E-state index contributed by atoms with van der Waals surface area (Å²) in [5.41, 5.74) is 6.12. The number of hydrogen-bond donors (Lipinski definition) is 1. The molecule has 5 aromatic carbocycles. The molecule has 1 unspecified atom stereocenters. The highest BCUT2D eigenvalue weighted by Gasteiger charge is 2.39. The van der Waals surface area contributed by atoms with Crippen molar-refractivity contribution >= 4 is 22.5 Å². The molecule has 5 heteroatoms. The summed E-state index contributed by atoms with van der Waals surface area (Å²) in [5, 5.41) is 12.8. The fraction of sp³-hybridized carbons (Fsp3) is 0.211. The van der Waals surface area contributed by atoms with Gasteiger partial charge in [-0.25, -0.2) is 0 Å². The average Bonchev–Trinajstić information content (AvgIpc) is 3.63. The Morgan fingerprint density at radius 3 is 2.12 bits per heavy atom. The smallest absolute Gasteiger partial charge is 0.178 e. The van der Waals surface area contributed by atoms with E-state index in [0.29, 0.717) is 0 Å². The molecule has 0 amide bonds. The van der Waals surface area contributed by atoms with Crippen LogP contribution in [0.2, 0.25) is 0 Å². The predicted molar refractivity (Wildman–Crippen MR) is 173 cm³/mol. The summed E-state index contributed by atoms with van der Waals surface area (Å²) in [5.74, 6) is 2.25. The van der Waals surface area contributed by atoms with Crippen molar-refractivity contribution in [2.24, 2.45) is 0 Å². The minimum atomic E-state index is -0.859. The molecule has 216 valence electrons. The van der Waals surface area contributed by atoms with Gasteiger partial charge in [-0.1, -0.05) is 60.7 Å². The number of benzene rings is 5. The number of nitrogens with zero attached hydrogens (tertiary/aromatic N) is 1. The van der Waals surface area contributed by atoms with Crippen molar-refractivity contribution in [3.05, 3.63) is 125 Å². The normalized spacial score (nSPS) is 17.5.